The lowest BCUT2D eigenvalue weighted by atomic mass is 10.2. The zero-order valence-corrected chi connectivity index (χ0v) is 19.1. The van der Waals surface area contributed by atoms with Crippen LogP contribution < -0.4 is 15.4 Å². The maximum Gasteiger partial charge on any atom is 0.325 e. The minimum absolute atomic E-state index is 0.0841. The molecule has 0 spiro atoms. The molecule has 0 radical (unpaired) electrons. The predicted octanol–water partition coefficient (Wildman–Crippen LogP) is 1.97. The number of carbonyl (C=O) groups excluding carboxylic acids is 2. The zero-order chi connectivity index (χ0) is 22.1. The van der Waals surface area contributed by atoms with E-state index in [2.05, 4.69) is 20.5 Å². The number of esters is 1. The van der Waals surface area contributed by atoms with Gasteiger partial charge in [-0.1, -0.05) is 11.6 Å². The molecule has 1 amide bonds. The first-order chi connectivity index (χ1) is 15.0. The molecule has 0 atom stereocenters. The molecule has 2 N–H and O–H groups in total. The Morgan fingerprint density at radius 3 is 2.87 bits per heavy atom. The summed E-state index contributed by atoms with van der Waals surface area (Å²) in [6.45, 7) is 7.46. The van der Waals surface area contributed by atoms with Crippen LogP contribution in [0, 0.1) is 0 Å². The fourth-order valence-corrected chi connectivity index (χ4v) is 4.28. The number of nitrogens with zero attached hydrogens (tertiary/aromatic N) is 2. The molecule has 2 heterocycles. The summed E-state index contributed by atoms with van der Waals surface area (Å²) in [4.78, 5) is 30.2. The number of carbonyl (C=O) groups is 2. The molecule has 1 saturated heterocycles. The molecular weight excluding hydrogens is 440 g/mol. The largest absolute Gasteiger partial charge is 0.492 e. The number of thiazole rings is 1. The third kappa shape index (κ3) is 7.46. The van der Waals surface area contributed by atoms with Gasteiger partial charge >= 0.3 is 5.97 Å². The summed E-state index contributed by atoms with van der Waals surface area (Å²) in [6.07, 6.45) is 0.0841. The van der Waals surface area contributed by atoms with Gasteiger partial charge < -0.3 is 20.1 Å². The summed E-state index contributed by atoms with van der Waals surface area (Å²) in [5.41, 5.74) is 1.41. The Kier molecular flexibility index (Phi) is 9.08. The van der Waals surface area contributed by atoms with Crippen molar-refractivity contribution >= 4 is 34.8 Å². The van der Waals surface area contributed by atoms with E-state index in [1.807, 2.05) is 17.5 Å². The van der Waals surface area contributed by atoms with E-state index >= 15 is 0 Å². The Hall–Kier alpha value is -2.20. The van der Waals surface area contributed by atoms with Crippen molar-refractivity contribution in [1.29, 1.82) is 0 Å². The van der Waals surface area contributed by atoms with E-state index in [9.17, 15) is 9.59 Å². The topological polar surface area (TPSA) is 92.8 Å². The van der Waals surface area contributed by atoms with Crippen molar-refractivity contribution in [1.82, 2.24) is 20.5 Å². The molecule has 10 heteroatoms. The van der Waals surface area contributed by atoms with Crippen molar-refractivity contribution < 1.29 is 19.1 Å². The lowest BCUT2D eigenvalue weighted by molar-refractivity contribution is -0.143. The summed E-state index contributed by atoms with van der Waals surface area (Å²) in [5, 5.41) is 8.95. The molecule has 2 aromatic rings. The van der Waals surface area contributed by atoms with Crippen LogP contribution in [0.15, 0.2) is 23.6 Å². The van der Waals surface area contributed by atoms with Crippen LogP contribution in [0.2, 0.25) is 5.02 Å². The minimum atomic E-state index is -0.461. The molecule has 1 aromatic carbocycles. The number of hydrogen-bond donors (Lipinski definition) is 2. The average molecular weight is 467 g/mol. The zero-order valence-electron chi connectivity index (χ0n) is 17.5. The molecule has 1 aromatic heterocycles. The Morgan fingerprint density at radius 1 is 1.32 bits per heavy atom. The number of ether oxygens (including phenoxy) is 2. The highest BCUT2D eigenvalue weighted by atomic mass is 35.5. The van der Waals surface area contributed by atoms with Crippen LogP contribution >= 0.6 is 22.9 Å². The lowest BCUT2D eigenvalue weighted by Gasteiger charge is -2.26. The summed E-state index contributed by atoms with van der Waals surface area (Å²) >= 11 is 7.87. The molecule has 8 nitrogen and oxygen atoms in total. The first kappa shape index (κ1) is 23.5. The van der Waals surface area contributed by atoms with Crippen molar-refractivity contribution in [2.45, 2.75) is 13.3 Å². The predicted molar refractivity (Wildman–Crippen MR) is 121 cm³/mol. The Balaban J connectivity index is 1.50. The van der Waals surface area contributed by atoms with Gasteiger partial charge in [-0.15, -0.1) is 11.3 Å². The summed E-state index contributed by atoms with van der Waals surface area (Å²) in [5.74, 6) is -0.0277. The molecule has 1 aliphatic rings. The van der Waals surface area contributed by atoms with Gasteiger partial charge in [0.05, 0.1) is 23.7 Å². The molecule has 1 fully saturated rings. The van der Waals surface area contributed by atoms with Crippen LogP contribution in [0.5, 0.6) is 5.75 Å². The third-order valence-corrected chi connectivity index (χ3v) is 5.92. The molecule has 1 aliphatic heterocycles. The van der Waals surface area contributed by atoms with E-state index < -0.39 is 5.97 Å². The fourth-order valence-electron chi connectivity index (χ4n) is 3.11. The minimum Gasteiger partial charge on any atom is -0.492 e. The SMILES string of the molecule is CCOC(=O)CNC(=O)Cc1csc(-c2ccc(OCCN3CCNCC3)cc2Cl)n1. The standard InChI is InChI=1S/C21H27ClN4O4S/c1-2-29-20(28)13-24-19(27)11-15-14-31-21(25-15)17-4-3-16(12-18(17)22)30-10-9-26-7-5-23-6-8-26/h3-4,12,14,23H,2,5-11,13H2,1H3,(H,24,27). The number of benzene rings is 1. The molecule has 0 unspecified atom stereocenters. The van der Waals surface area contributed by atoms with E-state index in [1.54, 1.807) is 13.0 Å². The van der Waals surface area contributed by atoms with Crippen molar-refractivity contribution in [3.05, 3.63) is 34.3 Å². The number of aromatic nitrogens is 1. The molecule has 0 saturated carbocycles. The lowest BCUT2D eigenvalue weighted by Crippen LogP contribution is -2.44. The summed E-state index contributed by atoms with van der Waals surface area (Å²) < 4.78 is 10.6. The molecule has 31 heavy (non-hydrogen) atoms. The number of hydrogen-bond acceptors (Lipinski definition) is 8. The second-order valence-corrected chi connectivity index (χ2v) is 8.25. The second-order valence-electron chi connectivity index (χ2n) is 6.98. The number of nitrogens with one attached hydrogen (secondary N) is 2. The van der Waals surface area contributed by atoms with Crippen molar-refractivity contribution in [2.24, 2.45) is 0 Å². The van der Waals surface area contributed by atoms with Gasteiger partial charge in [-0.25, -0.2) is 4.98 Å². The van der Waals surface area contributed by atoms with Gasteiger partial charge in [0.2, 0.25) is 5.91 Å². The van der Waals surface area contributed by atoms with Crippen molar-refractivity contribution in [2.75, 3.05) is 52.5 Å². The monoisotopic (exact) mass is 466 g/mol. The number of piperazine rings is 1. The van der Waals surface area contributed by atoms with Crippen LogP contribution in [0.25, 0.3) is 10.6 Å². The fraction of sp³-hybridized carbons (Fsp3) is 0.476. The van der Waals surface area contributed by atoms with Gasteiger partial charge in [0.15, 0.2) is 0 Å². The first-order valence-electron chi connectivity index (χ1n) is 10.3. The van der Waals surface area contributed by atoms with Gasteiger partial charge in [-0.2, -0.15) is 0 Å². The molecule has 168 valence electrons. The number of amides is 1. The summed E-state index contributed by atoms with van der Waals surface area (Å²) in [7, 11) is 0. The normalized spacial score (nSPS) is 14.3. The van der Waals surface area contributed by atoms with Crippen molar-refractivity contribution in [3.8, 4) is 16.3 Å². The Bertz CT molecular complexity index is 886. The van der Waals surface area contributed by atoms with Crippen LogP contribution in [0.4, 0.5) is 0 Å². The number of halogens is 1. The Morgan fingerprint density at radius 2 is 2.13 bits per heavy atom. The third-order valence-electron chi connectivity index (χ3n) is 4.69. The van der Waals surface area contributed by atoms with E-state index in [1.165, 1.54) is 11.3 Å². The highest BCUT2D eigenvalue weighted by Gasteiger charge is 2.14. The van der Waals surface area contributed by atoms with E-state index in [-0.39, 0.29) is 25.5 Å². The quantitative estimate of drug-likeness (QED) is 0.517. The first-order valence-corrected chi connectivity index (χ1v) is 11.5. The van der Waals surface area contributed by atoms with Crippen LogP contribution in [-0.4, -0.2) is 74.2 Å². The van der Waals surface area contributed by atoms with E-state index in [4.69, 9.17) is 21.1 Å². The van der Waals surface area contributed by atoms with Gasteiger partial charge in [0, 0.05) is 43.7 Å². The molecule has 0 aliphatic carbocycles. The maximum atomic E-state index is 12.0. The van der Waals surface area contributed by atoms with E-state index in [0.717, 1.165) is 49.0 Å². The second kappa shape index (κ2) is 12.0. The van der Waals surface area contributed by atoms with Gasteiger partial charge in [-0.3, -0.25) is 14.5 Å². The number of rotatable bonds is 10. The summed E-state index contributed by atoms with van der Waals surface area (Å²) in [6, 6.07) is 5.56. The highest BCUT2D eigenvalue weighted by molar-refractivity contribution is 7.13. The van der Waals surface area contributed by atoms with Gasteiger partial charge in [0.25, 0.3) is 0 Å². The average Bonchev–Trinajstić information content (AvgIpc) is 3.21. The van der Waals surface area contributed by atoms with Crippen molar-refractivity contribution in [3.63, 3.8) is 0 Å². The molecule has 3 rings (SSSR count). The highest BCUT2D eigenvalue weighted by Crippen LogP contribution is 2.33. The molecule has 0 bridgehead atoms. The van der Waals surface area contributed by atoms with Crippen LogP contribution in [0.3, 0.4) is 0 Å². The Labute approximate surface area is 190 Å². The van der Waals surface area contributed by atoms with E-state index in [0.29, 0.717) is 17.3 Å². The maximum absolute atomic E-state index is 12.0. The molecular formula is C21H27ClN4O4S. The van der Waals surface area contributed by atoms with Gasteiger partial charge in [-0.05, 0) is 25.1 Å². The van der Waals surface area contributed by atoms with Crippen LogP contribution in [0.1, 0.15) is 12.6 Å². The van der Waals surface area contributed by atoms with Gasteiger partial charge in [0.1, 0.15) is 23.9 Å². The smallest absolute Gasteiger partial charge is 0.325 e. The van der Waals surface area contributed by atoms with Crippen LogP contribution in [-0.2, 0) is 20.7 Å².